The van der Waals surface area contributed by atoms with Crippen molar-refractivity contribution in [3.8, 4) is 0 Å². The number of rotatable bonds is 3. The van der Waals surface area contributed by atoms with E-state index in [-0.39, 0.29) is 5.82 Å². The predicted molar refractivity (Wildman–Crippen MR) is 65.2 cm³/mol. The van der Waals surface area contributed by atoms with E-state index in [4.69, 9.17) is 0 Å². The topological polar surface area (TPSA) is 24.1 Å². The van der Waals surface area contributed by atoms with E-state index in [2.05, 4.69) is 10.6 Å². The first-order valence-electron chi connectivity index (χ1n) is 5.96. The first-order chi connectivity index (χ1) is 7.75. The van der Waals surface area contributed by atoms with Crippen LogP contribution in [0.2, 0.25) is 0 Å². The molecule has 2 rings (SSSR count). The molecule has 1 aromatic carbocycles. The molecule has 16 heavy (non-hydrogen) atoms. The van der Waals surface area contributed by atoms with Crippen LogP contribution in [-0.4, -0.2) is 19.6 Å². The van der Waals surface area contributed by atoms with Crippen LogP contribution < -0.4 is 10.6 Å². The first-order valence-corrected chi connectivity index (χ1v) is 5.96. The molecule has 0 saturated carbocycles. The molecule has 0 radical (unpaired) electrons. The highest BCUT2D eigenvalue weighted by molar-refractivity contribution is 5.46. The molecule has 0 aliphatic carbocycles. The van der Waals surface area contributed by atoms with Crippen molar-refractivity contribution in [2.45, 2.75) is 19.8 Å². The Kier molecular flexibility index (Phi) is 3.78. The molecular weight excluding hydrogens is 203 g/mol. The van der Waals surface area contributed by atoms with Crippen molar-refractivity contribution in [3.63, 3.8) is 0 Å². The predicted octanol–water partition coefficient (Wildman–Crippen LogP) is 2.55. The molecule has 1 unspecified atom stereocenters. The summed E-state index contributed by atoms with van der Waals surface area (Å²) in [6.07, 6.45) is 2.45. The highest BCUT2D eigenvalue weighted by Gasteiger charge is 2.13. The fourth-order valence-corrected chi connectivity index (χ4v) is 2.12. The SMILES string of the molecule is Cc1ccc(NCC2CCCNC2)c(F)c1. The van der Waals surface area contributed by atoms with Crippen molar-refractivity contribution in [1.82, 2.24) is 5.32 Å². The Morgan fingerprint density at radius 1 is 1.50 bits per heavy atom. The van der Waals surface area contributed by atoms with E-state index in [0.29, 0.717) is 11.6 Å². The number of benzene rings is 1. The van der Waals surface area contributed by atoms with E-state index in [1.54, 1.807) is 6.07 Å². The van der Waals surface area contributed by atoms with Crippen LogP contribution in [-0.2, 0) is 0 Å². The Balaban J connectivity index is 1.88. The molecule has 1 heterocycles. The molecule has 1 aliphatic rings. The third-order valence-corrected chi connectivity index (χ3v) is 3.10. The fraction of sp³-hybridized carbons (Fsp3) is 0.538. The Labute approximate surface area is 96.2 Å². The van der Waals surface area contributed by atoms with Crippen LogP contribution in [0, 0.1) is 18.7 Å². The van der Waals surface area contributed by atoms with E-state index in [1.165, 1.54) is 12.8 Å². The quantitative estimate of drug-likeness (QED) is 0.821. The Bertz CT molecular complexity index is 346. The lowest BCUT2D eigenvalue weighted by molar-refractivity contribution is 0.392. The second-order valence-corrected chi connectivity index (χ2v) is 4.58. The van der Waals surface area contributed by atoms with Gasteiger partial charge in [0.25, 0.3) is 0 Å². The van der Waals surface area contributed by atoms with Gasteiger partial charge in [0, 0.05) is 6.54 Å². The lowest BCUT2D eigenvalue weighted by Crippen LogP contribution is -2.33. The Morgan fingerprint density at radius 3 is 3.06 bits per heavy atom. The Morgan fingerprint density at radius 2 is 2.38 bits per heavy atom. The summed E-state index contributed by atoms with van der Waals surface area (Å²) in [6.45, 7) is 4.92. The van der Waals surface area contributed by atoms with Gasteiger partial charge in [0.1, 0.15) is 5.82 Å². The maximum Gasteiger partial charge on any atom is 0.146 e. The van der Waals surface area contributed by atoms with Crippen LogP contribution >= 0.6 is 0 Å². The van der Waals surface area contributed by atoms with E-state index in [9.17, 15) is 4.39 Å². The minimum Gasteiger partial charge on any atom is -0.382 e. The molecule has 0 spiro atoms. The monoisotopic (exact) mass is 222 g/mol. The van der Waals surface area contributed by atoms with Gasteiger partial charge in [0.15, 0.2) is 0 Å². The number of aryl methyl sites for hydroxylation is 1. The summed E-state index contributed by atoms with van der Waals surface area (Å²) in [6, 6.07) is 5.33. The van der Waals surface area contributed by atoms with Gasteiger partial charge in [-0.15, -0.1) is 0 Å². The molecule has 0 bridgehead atoms. The highest BCUT2D eigenvalue weighted by Crippen LogP contribution is 2.17. The summed E-state index contributed by atoms with van der Waals surface area (Å²) in [7, 11) is 0. The number of hydrogen-bond acceptors (Lipinski definition) is 2. The van der Waals surface area contributed by atoms with Gasteiger partial charge in [0.05, 0.1) is 5.69 Å². The van der Waals surface area contributed by atoms with Crippen molar-refractivity contribution < 1.29 is 4.39 Å². The summed E-state index contributed by atoms with van der Waals surface area (Å²) in [4.78, 5) is 0. The number of nitrogens with one attached hydrogen (secondary N) is 2. The lowest BCUT2D eigenvalue weighted by atomic mass is 10.00. The van der Waals surface area contributed by atoms with Gasteiger partial charge < -0.3 is 10.6 Å². The van der Waals surface area contributed by atoms with Gasteiger partial charge >= 0.3 is 0 Å². The van der Waals surface area contributed by atoms with Crippen molar-refractivity contribution in [2.24, 2.45) is 5.92 Å². The average Bonchev–Trinajstić information content (AvgIpc) is 2.29. The van der Waals surface area contributed by atoms with Gasteiger partial charge in [-0.25, -0.2) is 4.39 Å². The molecule has 2 N–H and O–H groups in total. The molecule has 0 amide bonds. The zero-order valence-corrected chi connectivity index (χ0v) is 9.72. The smallest absolute Gasteiger partial charge is 0.146 e. The maximum absolute atomic E-state index is 13.5. The molecule has 1 aliphatic heterocycles. The number of hydrogen-bond donors (Lipinski definition) is 2. The number of halogens is 1. The van der Waals surface area contributed by atoms with E-state index < -0.39 is 0 Å². The summed E-state index contributed by atoms with van der Waals surface area (Å²) < 4.78 is 13.5. The van der Waals surface area contributed by atoms with Crippen molar-refractivity contribution in [3.05, 3.63) is 29.6 Å². The second kappa shape index (κ2) is 5.30. The molecule has 1 saturated heterocycles. The van der Waals surface area contributed by atoms with Crippen LogP contribution in [0.5, 0.6) is 0 Å². The van der Waals surface area contributed by atoms with E-state index >= 15 is 0 Å². The number of piperidine rings is 1. The molecule has 88 valence electrons. The second-order valence-electron chi connectivity index (χ2n) is 4.58. The van der Waals surface area contributed by atoms with Crippen molar-refractivity contribution >= 4 is 5.69 Å². The van der Waals surface area contributed by atoms with Crippen LogP contribution in [0.15, 0.2) is 18.2 Å². The van der Waals surface area contributed by atoms with Gasteiger partial charge in [-0.1, -0.05) is 6.07 Å². The van der Waals surface area contributed by atoms with Crippen molar-refractivity contribution in [2.75, 3.05) is 25.0 Å². The van der Waals surface area contributed by atoms with Crippen LogP contribution in [0.25, 0.3) is 0 Å². The molecule has 1 fully saturated rings. The fourth-order valence-electron chi connectivity index (χ4n) is 2.12. The zero-order chi connectivity index (χ0) is 11.4. The van der Waals surface area contributed by atoms with Gasteiger partial charge in [-0.2, -0.15) is 0 Å². The van der Waals surface area contributed by atoms with E-state index in [0.717, 1.165) is 25.2 Å². The third-order valence-electron chi connectivity index (χ3n) is 3.10. The molecule has 3 heteroatoms. The molecule has 2 nitrogen and oxygen atoms in total. The Hall–Kier alpha value is -1.09. The van der Waals surface area contributed by atoms with Gasteiger partial charge in [-0.3, -0.25) is 0 Å². The van der Waals surface area contributed by atoms with Crippen LogP contribution in [0.3, 0.4) is 0 Å². The average molecular weight is 222 g/mol. The van der Waals surface area contributed by atoms with Gasteiger partial charge in [-0.05, 0) is 56.5 Å². The van der Waals surface area contributed by atoms with Crippen molar-refractivity contribution in [1.29, 1.82) is 0 Å². The van der Waals surface area contributed by atoms with Crippen LogP contribution in [0.4, 0.5) is 10.1 Å². The molecule has 1 aromatic rings. The highest BCUT2D eigenvalue weighted by atomic mass is 19.1. The summed E-state index contributed by atoms with van der Waals surface area (Å²) in [5.41, 5.74) is 1.58. The zero-order valence-electron chi connectivity index (χ0n) is 9.72. The summed E-state index contributed by atoms with van der Waals surface area (Å²) >= 11 is 0. The molecule has 0 aromatic heterocycles. The first kappa shape index (κ1) is 11.4. The van der Waals surface area contributed by atoms with E-state index in [1.807, 2.05) is 19.1 Å². The largest absolute Gasteiger partial charge is 0.382 e. The standard InChI is InChI=1S/C13H19FN2/c1-10-4-5-13(12(14)7-10)16-9-11-3-2-6-15-8-11/h4-5,7,11,15-16H,2-3,6,8-9H2,1H3. The number of anilines is 1. The summed E-state index contributed by atoms with van der Waals surface area (Å²) in [5, 5.41) is 6.56. The molecule has 1 atom stereocenters. The minimum absolute atomic E-state index is 0.149. The molecular formula is C13H19FN2. The normalized spacial score (nSPS) is 20.8. The van der Waals surface area contributed by atoms with Crippen LogP contribution in [0.1, 0.15) is 18.4 Å². The maximum atomic E-state index is 13.5. The third kappa shape index (κ3) is 2.95. The summed E-state index contributed by atoms with van der Waals surface area (Å²) in [5.74, 6) is 0.471. The minimum atomic E-state index is -0.149. The van der Waals surface area contributed by atoms with Gasteiger partial charge in [0.2, 0.25) is 0 Å². The lowest BCUT2D eigenvalue weighted by Gasteiger charge is -2.23.